The highest BCUT2D eigenvalue weighted by atomic mass is 16.5. The largest absolute Gasteiger partial charge is 0.332 e. The van der Waals surface area contributed by atoms with Crippen molar-refractivity contribution in [3.8, 4) is 17.7 Å². The summed E-state index contributed by atoms with van der Waals surface area (Å²) in [4.78, 5) is 8.31. The number of hydrogen-bond acceptors (Lipinski definition) is 6. The first-order valence-electron chi connectivity index (χ1n) is 5.56. The van der Waals surface area contributed by atoms with Gasteiger partial charge < -0.3 is 10.3 Å². The van der Waals surface area contributed by atoms with E-state index in [-0.39, 0.29) is 0 Å². The van der Waals surface area contributed by atoms with E-state index >= 15 is 0 Å². The average molecular weight is 243 g/mol. The zero-order valence-corrected chi connectivity index (χ0v) is 10.2. The maximum absolute atomic E-state index is 8.68. The van der Waals surface area contributed by atoms with Gasteiger partial charge in [-0.2, -0.15) is 10.2 Å². The summed E-state index contributed by atoms with van der Waals surface area (Å²) in [5, 5.41) is 12.5. The van der Waals surface area contributed by atoms with E-state index in [0.717, 1.165) is 0 Å². The number of nitriles is 1. The fourth-order valence-electron chi connectivity index (χ4n) is 1.30. The SMILES string of the molecule is CCC(C)(N)c1noc(-c2ccc(C#N)cn2)n1. The predicted octanol–water partition coefficient (Wildman–Crippen LogP) is 1.59. The van der Waals surface area contributed by atoms with Gasteiger partial charge in [0.1, 0.15) is 11.8 Å². The number of nitrogens with zero attached hydrogens (tertiary/aromatic N) is 4. The highest BCUT2D eigenvalue weighted by Crippen LogP contribution is 2.21. The maximum Gasteiger partial charge on any atom is 0.276 e. The smallest absolute Gasteiger partial charge is 0.276 e. The van der Waals surface area contributed by atoms with Gasteiger partial charge in [0.2, 0.25) is 0 Å². The number of aromatic nitrogens is 3. The third-order valence-electron chi connectivity index (χ3n) is 2.78. The summed E-state index contributed by atoms with van der Waals surface area (Å²) in [5.74, 6) is 0.755. The lowest BCUT2D eigenvalue weighted by atomic mass is 10.0. The minimum Gasteiger partial charge on any atom is -0.332 e. The van der Waals surface area contributed by atoms with Crippen molar-refractivity contribution in [3.63, 3.8) is 0 Å². The molecular weight excluding hydrogens is 230 g/mol. The molecule has 2 heterocycles. The molecule has 0 bridgehead atoms. The van der Waals surface area contributed by atoms with Crippen LogP contribution in [0.15, 0.2) is 22.9 Å². The van der Waals surface area contributed by atoms with Crippen molar-refractivity contribution in [1.29, 1.82) is 5.26 Å². The molecule has 0 saturated heterocycles. The molecule has 2 aromatic heterocycles. The molecule has 18 heavy (non-hydrogen) atoms. The molecule has 0 amide bonds. The van der Waals surface area contributed by atoms with Gasteiger partial charge in [-0.05, 0) is 25.5 Å². The van der Waals surface area contributed by atoms with Crippen molar-refractivity contribution in [3.05, 3.63) is 29.7 Å². The molecule has 6 heteroatoms. The monoisotopic (exact) mass is 243 g/mol. The molecule has 2 rings (SSSR count). The molecule has 2 aromatic rings. The number of hydrogen-bond donors (Lipinski definition) is 1. The van der Waals surface area contributed by atoms with Crippen LogP contribution in [0.25, 0.3) is 11.6 Å². The lowest BCUT2D eigenvalue weighted by Gasteiger charge is -2.16. The Balaban J connectivity index is 2.32. The zero-order valence-electron chi connectivity index (χ0n) is 10.2. The molecule has 0 aliphatic carbocycles. The van der Waals surface area contributed by atoms with E-state index in [1.54, 1.807) is 12.1 Å². The van der Waals surface area contributed by atoms with Crippen LogP contribution in [0.5, 0.6) is 0 Å². The molecule has 0 saturated carbocycles. The topological polar surface area (TPSA) is 102 Å². The van der Waals surface area contributed by atoms with Gasteiger partial charge in [-0.1, -0.05) is 12.1 Å². The van der Waals surface area contributed by atoms with Crippen LogP contribution >= 0.6 is 0 Å². The van der Waals surface area contributed by atoms with Crippen LogP contribution in [0.4, 0.5) is 0 Å². The van der Waals surface area contributed by atoms with E-state index in [4.69, 9.17) is 15.5 Å². The van der Waals surface area contributed by atoms with Gasteiger partial charge in [-0.3, -0.25) is 0 Å². The fraction of sp³-hybridized carbons (Fsp3) is 0.333. The van der Waals surface area contributed by atoms with Gasteiger partial charge in [0.05, 0.1) is 11.1 Å². The lowest BCUT2D eigenvalue weighted by Crippen LogP contribution is -2.33. The molecular formula is C12H13N5O. The minimum atomic E-state index is -0.617. The van der Waals surface area contributed by atoms with Crippen LogP contribution in [0.1, 0.15) is 31.7 Å². The lowest BCUT2D eigenvalue weighted by molar-refractivity contribution is 0.378. The third-order valence-corrected chi connectivity index (χ3v) is 2.78. The van der Waals surface area contributed by atoms with Crippen molar-refractivity contribution >= 4 is 0 Å². The maximum atomic E-state index is 8.68. The molecule has 0 aliphatic heterocycles. The van der Waals surface area contributed by atoms with Crippen LogP contribution in [0.2, 0.25) is 0 Å². The second-order valence-corrected chi connectivity index (χ2v) is 4.24. The number of rotatable bonds is 3. The standard InChI is InChI=1S/C12H13N5O/c1-3-12(2,14)11-16-10(18-17-11)9-5-4-8(6-13)7-15-9/h4-5,7H,3,14H2,1-2H3. The molecule has 2 N–H and O–H groups in total. The summed E-state index contributed by atoms with van der Waals surface area (Å²) in [7, 11) is 0. The Hall–Kier alpha value is -2.26. The molecule has 92 valence electrons. The first-order valence-corrected chi connectivity index (χ1v) is 5.56. The summed E-state index contributed by atoms with van der Waals surface area (Å²) < 4.78 is 5.13. The molecule has 1 atom stereocenters. The van der Waals surface area contributed by atoms with Crippen molar-refractivity contribution < 1.29 is 4.52 Å². The fourth-order valence-corrected chi connectivity index (χ4v) is 1.30. The van der Waals surface area contributed by atoms with Gasteiger partial charge in [0.15, 0.2) is 5.82 Å². The average Bonchev–Trinajstić information content (AvgIpc) is 2.89. The van der Waals surface area contributed by atoms with Crippen molar-refractivity contribution in [2.24, 2.45) is 5.73 Å². The van der Waals surface area contributed by atoms with Gasteiger partial charge in [0.25, 0.3) is 5.89 Å². The van der Waals surface area contributed by atoms with Crippen molar-refractivity contribution in [2.45, 2.75) is 25.8 Å². The van der Waals surface area contributed by atoms with E-state index < -0.39 is 5.54 Å². The summed E-state index contributed by atoms with van der Waals surface area (Å²) >= 11 is 0. The minimum absolute atomic E-state index is 0.305. The van der Waals surface area contributed by atoms with Gasteiger partial charge in [-0.15, -0.1) is 0 Å². The van der Waals surface area contributed by atoms with Crippen LogP contribution in [0, 0.1) is 11.3 Å². The summed E-state index contributed by atoms with van der Waals surface area (Å²) in [6.07, 6.45) is 2.16. The van der Waals surface area contributed by atoms with E-state index in [1.807, 2.05) is 19.9 Å². The van der Waals surface area contributed by atoms with E-state index in [9.17, 15) is 0 Å². The Morgan fingerprint density at radius 1 is 1.50 bits per heavy atom. The first kappa shape index (κ1) is 12.2. The second-order valence-electron chi connectivity index (χ2n) is 4.24. The highest BCUT2D eigenvalue weighted by molar-refractivity contribution is 5.47. The normalized spacial score (nSPS) is 13.9. The quantitative estimate of drug-likeness (QED) is 0.878. The number of pyridine rings is 1. The summed E-state index contributed by atoms with van der Waals surface area (Å²) in [6, 6.07) is 5.30. The van der Waals surface area contributed by atoms with Crippen LogP contribution < -0.4 is 5.73 Å². The van der Waals surface area contributed by atoms with Crippen LogP contribution in [0.3, 0.4) is 0 Å². The number of nitrogens with two attached hydrogens (primary N) is 1. The predicted molar refractivity (Wildman–Crippen MR) is 64.1 cm³/mol. The Kier molecular flexibility index (Phi) is 3.08. The van der Waals surface area contributed by atoms with Crippen molar-refractivity contribution in [1.82, 2.24) is 15.1 Å². The van der Waals surface area contributed by atoms with Gasteiger partial charge in [-0.25, -0.2) is 4.98 Å². The summed E-state index contributed by atoms with van der Waals surface area (Å²) in [6.45, 7) is 3.80. The van der Waals surface area contributed by atoms with Crippen LogP contribution in [-0.2, 0) is 5.54 Å². The Bertz CT molecular complexity index is 579. The Labute approximate surface area is 104 Å². The molecule has 0 aliphatic rings. The third kappa shape index (κ3) is 2.21. The van der Waals surface area contributed by atoms with Gasteiger partial charge in [0, 0.05) is 6.20 Å². The Morgan fingerprint density at radius 3 is 2.83 bits per heavy atom. The first-order chi connectivity index (χ1) is 8.56. The zero-order chi connectivity index (χ0) is 13.2. The van der Waals surface area contributed by atoms with Crippen LogP contribution in [-0.4, -0.2) is 15.1 Å². The second kappa shape index (κ2) is 4.55. The molecule has 0 fully saturated rings. The summed E-state index contributed by atoms with van der Waals surface area (Å²) in [5.41, 5.74) is 6.42. The van der Waals surface area contributed by atoms with Gasteiger partial charge >= 0.3 is 0 Å². The van der Waals surface area contributed by atoms with E-state index in [0.29, 0.717) is 29.4 Å². The van der Waals surface area contributed by atoms with E-state index in [2.05, 4.69) is 15.1 Å². The molecule has 0 aromatic carbocycles. The molecule has 6 nitrogen and oxygen atoms in total. The Morgan fingerprint density at radius 2 is 2.28 bits per heavy atom. The molecule has 0 radical (unpaired) electrons. The highest BCUT2D eigenvalue weighted by Gasteiger charge is 2.25. The molecule has 0 spiro atoms. The van der Waals surface area contributed by atoms with Crippen molar-refractivity contribution in [2.75, 3.05) is 0 Å². The molecule has 1 unspecified atom stereocenters. The van der Waals surface area contributed by atoms with E-state index in [1.165, 1.54) is 6.20 Å².